The summed E-state index contributed by atoms with van der Waals surface area (Å²) in [7, 11) is 0. The molecule has 2 N–H and O–H groups in total. The molecule has 0 fully saturated rings. The van der Waals surface area contributed by atoms with E-state index in [-0.39, 0.29) is 18.3 Å². The molecule has 3 aromatic rings. The lowest BCUT2D eigenvalue weighted by atomic mass is 9.97. The molecule has 1 atom stereocenters. The summed E-state index contributed by atoms with van der Waals surface area (Å²) < 4.78 is 26.4. The molecule has 0 bridgehead atoms. The zero-order valence-electron chi connectivity index (χ0n) is 16.6. The Hall–Kier alpha value is -3.10. The van der Waals surface area contributed by atoms with Crippen molar-refractivity contribution in [3.8, 4) is 0 Å². The van der Waals surface area contributed by atoms with Gasteiger partial charge in [0.2, 0.25) is 0 Å². The van der Waals surface area contributed by atoms with E-state index in [1.54, 1.807) is 11.3 Å². The molecule has 4 rings (SSSR count). The first kappa shape index (κ1) is 21.1. The molecule has 2 amide bonds. The smallest absolute Gasteiger partial charge is 0.313 e. The van der Waals surface area contributed by atoms with E-state index in [0.29, 0.717) is 0 Å². The first-order valence-electron chi connectivity index (χ1n) is 9.88. The predicted molar refractivity (Wildman–Crippen MR) is 116 cm³/mol. The van der Waals surface area contributed by atoms with Crippen molar-refractivity contribution >= 4 is 28.8 Å². The lowest BCUT2D eigenvalue weighted by Crippen LogP contribution is -2.43. The van der Waals surface area contributed by atoms with Crippen LogP contribution in [0, 0.1) is 11.6 Å². The first-order valence-corrected chi connectivity index (χ1v) is 10.8. The number of rotatable bonds is 5. The van der Waals surface area contributed by atoms with Crippen LogP contribution in [0.5, 0.6) is 0 Å². The molecule has 160 valence electrons. The van der Waals surface area contributed by atoms with Crippen molar-refractivity contribution in [1.82, 2.24) is 10.2 Å². The normalized spacial score (nSPS) is 14.5. The minimum absolute atomic E-state index is 0.0149. The molecular weight excluding hydrogens is 420 g/mol. The molecule has 0 saturated carbocycles. The third-order valence-electron chi connectivity index (χ3n) is 5.37. The highest BCUT2D eigenvalue weighted by atomic mass is 32.1. The SMILES string of the molecule is O=C(NCC(c1ccsc1)N1CCc2ccccc2C1)C(=O)Nc1ccc(F)c(F)c1. The summed E-state index contributed by atoms with van der Waals surface area (Å²) in [5, 5.41) is 9.00. The second-order valence-electron chi connectivity index (χ2n) is 7.35. The fraction of sp³-hybridized carbons (Fsp3) is 0.217. The topological polar surface area (TPSA) is 61.4 Å². The number of nitrogens with one attached hydrogen (secondary N) is 2. The van der Waals surface area contributed by atoms with E-state index in [4.69, 9.17) is 0 Å². The van der Waals surface area contributed by atoms with E-state index >= 15 is 0 Å². The molecule has 0 radical (unpaired) electrons. The second-order valence-corrected chi connectivity index (χ2v) is 8.13. The highest BCUT2D eigenvalue weighted by molar-refractivity contribution is 7.08. The van der Waals surface area contributed by atoms with Crippen LogP contribution in [0.3, 0.4) is 0 Å². The van der Waals surface area contributed by atoms with Crippen LogP contribution < -0.4 is 10.6 Å². The minimum Gasteiger partial charge on any atom is -0.346 e. The molecular formula is C23H21F2N3O2S. The summed E-state index contributed by atoms with van der Waals surface area (Å²) in [5.41, 5.74) is 3.68. The number of amides is 2. The number of fused-ring (bicyclic) bond motifs is 1. The van der Waals surface area contributed by atoms with Crippen LogP contribution in [0.25, 0.3) is 0 Å². The number of nitrogens with zero attached hydrogens (tertiary/aromatic N) is 1. The molecule has 8 heteroatoms. The third-order valence-corrected chi connectivity index (χ3v) is 6.07. The van der Waals surface area contributed by atoms with Gasteiger partial charge >= 0.3 is 11.8 Å². The summed E-state index contributed by atoms with van der Waals surface area (Å²) >= 11 is 1.58. The van der Waals surface area contributed by atoms with Crippen LogP contribution in [0.4, 0.5) is 14.5 Å². The van der Waals surface area contributed by atoms with Gasteiger partial charge in [-0.15, -0.1) is 0 Å². The summed E-state index contributed by atoms with van der Waals surface area (Å²) in [6.07, 6.45) is 0.918. The predicted octanol–water partition coefficient (Wildman–Crippen LogP) is 3.88. The highest BCUT2D eigenvalue weighted by Crippen LogP contribution is 2.28. The minimum atomic E-state index is -1.10. The van der Waals surface area contributed by atoms with E-state index in [1.165, 1.54) is 17.2 Å². The fourth-order valence-electron chi connectivity index (χ4n) is 3.74. The number of hydrogen-bond donors (Lipinski definition) is 2. The van der Waals surface area contributed by atoms with E-state index in [0.717, 1.165) is 37.2 Å². The average Bonchev–Trinajstić information content (AvgIpc) is 3.31. The monoisotopic (exact) mass is 441 g/mol. The van der Waals surface area contributed by atoms with Crippen LogP contribution in [-0.4, -0.2) is 29.8 Å². The lowest BCUT2D eigenvalue weighted by Gasteiger charge is -2.35. The van der Waals surface area contributed by atoms with Gasteiger partial charge in [-0.2, -0.15) is 11.3 Å². The van der Waals surface area contributed by atoms with E-state index in [9.17, 15) is 18.4 Å². The lowest BCUT2D eigenvalue weighted by molar-refractivity contribution is -0.136. The van der Waals surface area contributed by atoms with Crippen LogP contribution in [-0.2, 0) is 22.6 Å². The van der Waals surface area contributed by atoms with Crippen molar-refractivity contribution in [2.75, 3.05) is 18.4 Å². The number of carbonyl (C=O) groups is 2. The van der Waals surface area contributed by atoms with Crippen LogP contribution in [0.1, 0.15) is 22.7 Å². The molecule has 1 unspecified atom stereocenters. The van der Waals surface area contributed by atoms with Gasteiger partial charge in [-0.3, -0.25) is 14.5 Å². The maximum atomic E-state index is 13.3. The van der Waals surface area contributed by atoms with Crippen molar-refractivity contribution in [3.63, 3.8) is 0 Å². The second kappa shape index (κ2) is 9.36. The summed E-state index contributed by atoms with van der Waals surface area (Å²) in [4.78, 5) is 26.8. The number of thiophene rings is 1. The summed E-state index contributed by atoms with van der Waals surface area (Å²) in [6, 6.07) is 13.2. The average molecular weight is 442 g/mol. The molecule has 0 aliphatic carbocycles. The summed E-state index contributed by atoms with van der Waals surface area (Å²) in [5.74, 6) is -3.88. The van der Waals surface area contributed by atoms with Crippen LogP contribution >= 0.6 is 11.3 Å². The molecule has 1 aliphatic heterocycles. The van der Waals surface area contributed by atoms with Crippen molar-refractivity contribution < 1.29 is 18.4 Å². The Bertz CT molecular complexity index is 1090. The Kier molecular flexibility index (Phi) is 6.39. The Labute approximate surface area is 182 Å². The zero-order valence-corrected chi connectivity index (χ0v) is 17.4. The molecule has 31 heavy (non-hydrogen) atoms. The maximum Gasteiger partial charge on any atom is 0.313 e. The Morgan fingerprint density at radius 2 is 1.84 bits per heavy atom. The number of benzene rings is 2. The maximum absolute atomic E-state index is 13.3. The zero-order chi connectivity index (χ0) is 21.8. The number of anilines is 1. The molecule has 1 aromatic heterocycles. The van der Waals surface area contributed by atoms with Gasteiger partial charge in [0.05, 0.1) is 6.04 Å². The number of hydrogen-bond acceptors (Lipinski definition) is 4. The Morgan fingerprint density at radius 1 is 1.03 bits per heavy atom. The fourth-order valence-corrected chi connectivity index (χ4v) is 4.44. The molecule has 1 aliphatic rings. The van der Waals surface area contributed by atoms with Crippen molar-refractivity contribution in [2.45, 2.75) is 19.0 Å². The van der Waals surface area contributed by atoms with Crippen molar-refractivity contribution in [3.05, 3.63) is 87.6 Å². The Balaban J connectivity index is 1.41. The first-order chi connectivity index (χ1) is 15.0. The van der Waals surface area contributed by atoms with Gasteiger partial charge in [0.15, 0.2) is 11.6 Å². The van der Waals surface area contributed by atoms with Crippen molar-refractivity contribution in [1.29, 1.82) is 0 Å². The van der Waals surface area contributed by atoms with Gasteiger partial charge in [0.1, 0.15) is 0 Å². The number of carbonyl (C=O) groups excluding carboxylic acids is 2. The van der Waals surface area contributed by atoms with Gasteiger partial charge in [0, 0.05) is 31.4 Å². The van der Waals surface area contributed by atoms with Crippen molar-refractivity contribution in [2.24, 2.45) is 0 Å². The standard InChI is InChI=1S/C23H21F2N3O2S/c24-19-6-5-18(11-20(19)25)27-23(30)22(29)26-12-21(17-8-10-31-14-17)28-9-7-15-3-1-2-4-16(15)13-28/h1-6,8,10-11,14,21H,7,9,12-13H2,(H,26,29)(H,27,30). The number of halogens is 2. The largest absolute Gasteiger partial charge is 0.346 e. The van der Waals surface area contributed by atoms with E-state index in [1.807, 2.05) is 29.0 Å². The van der Waals surface area contributed by atoms with Gasteiger partial charge in [-0.25, -0.2) is 8.78 Å². The van der Waals surface area contributed by atoms with Gasteiger partial charge in [-0.05, 0) is 52.1 Å². The molecule has 2 aromatic carbocycles. The molecule has 2 heterocycles. The highest BCUT2D eigenvalue weighted by Gasteiger charge is 2.26. The Morgan fingerprint density at radius 3 is 2.58 bits per heavy atom. The van der Waals surface area contributed by atoms with Gasteiger partial charge in [0.25, 0.3) is 0 Å². The molecule has 5 nitrogen and oxygen atoms in total. The van der Waals surface area contributed by atoms with E-state index in [2.05, 4.69) is 27.7 Å². The van der Waals surface area contributed by atoms with E-state index < -0.39 is 23.4 Å². The molecule has 0 spiro atoms. The van der Waals surface area contributed by atoms with Gasteiger partial charge < -0.3 is 10.6 Å². The van der Waals surface area contributed by atoms with Crippen LogP contribution in [0.2, 0.25) is 0 Å². The third kappa shape index (κ3) is 4.98. The summed E-state index contributed by atoms with van der Waals surface area (Å²) in [6.45, 7) is 1.85. The van der Waals surface area contributed by atoms with Gasteiger partial charge in [-0.1, -0.05) is 24.3 Å². The quantitative estimate of drug-likeness (QED) is 0.591. The molecule has 0 saturated heterocycles. The van der Waals surface area contributed by atoms with Crippen LogP contribution in [0.15, 0.2) is 59.3 Å².